The number of benzene rings is 1. The zero-order chi connectivity index (χ0) is 19.6. The Kier molecular flexibility index (Phi) is 5.06. The summed E-state index contributed by atoms with van der Waals surface area (Å²) in [7, 11) is 0. The van der Waals surface area contributed by atoms with E-state index < -0.39 is 0 Å². The van der Waals surface area contributed by atoms with Crippen molar-refractivity contribution < 1.29 is 4.79 Å². The minimum absolute atomic E-state index is 0.106. The van der Waals surface area contributed by atoms with E-state index in [4.69, 9.17) is 4.98 Å². The molecule has 1 N–H and O–H groups in total. The van der Waals surface area contributed by atoms with E-state index in [1.807, 2.05) is 47.4 Å². The number of hydrogen-bond acceptors (Lipinski definition) is 5. The molecule has 1 amide bonds. The summed E-state index contributed by atoms with van der Waals surface area (Å²) in [5, 5.41) is 8.45. The number of pyridine rings is 1. The zero-order valence-corrected chi connectivity index (χ0v) is 16.9. The molecule has 5 rings (SSSR count). The van der Waals surface area contributed by atoms with Crippen LogP contribution in [0.2, 0.25) is 0 Å². The highest BCUT2D eigenvalue weighted by atomic mass is 32.2. The smallest absolute Gasteiger partial charge is 0.253 e. The summed E-state index contributed by atoms with van der Waals surface area (Å²) in [6.07, 6.45) is 6.07. The second kappa shape index (κ2) is 7.99. The highest BCUT2D eigenvalue weighted by molar-refractivity contribution is 7.99. The highest BCUT2D eigenvalue weighted by Crippen LogP contribution is 2.38. The molecular formula is C22H23N5OS. The van der Waals surface area contributed by atoms with Gasteiger partial charge in [-0.2, -0.15) is 5.10 Å². The Hall–Kier alpha value is -2.67. The molecule has 1 saturated carbocycles. The Bertz CT molecular complexity index is 976. The largest absolute Gasteiger partial charge is 0.339 e. The lowest BCUT2D eigenvalue weighted by molar-refractivity contribution is 0.0711. The first-order valence-corrected chi connectivity index (χ1v) is 11.0. The number of piperidine rings is 1. The van der Waals surface area contributed by atoms with Crippen LogP contribution in [0.1, 0.15) is 59.5 Å². The lowest BCUT2D eigenvalue weighted by atomic mass is 9.95. The summed E-state index contributed by atoms with van der Waals surface area (Å²) in [6.45, 7) is 1.51. The van der Waals surface area contributed by atoms with Crippen molar-refractivity contribution >= 4 is 17.7 Å². The Morgan fingerprint density at radius 2 is 1.79 bits per heavy atom. The molecule has 1 aromatic carbocycles. The summed E-state index contributed by atoms with van der Waals surface area (Å²) in [6, 6.07) is 13.7. The van der Waals surface area contributed by atoms with E-state index in [1.54, 1.807) is 18.0 Å². The van der Waals surface area contributed by atoms with Crippen molar-refractivity contribution in [1.82, 2.24) is 25.1 Å². The van der Waals surface area contributed by atoms with Gasteiger partial charge in [-0.05, 0) is 62.1 Å². The van der Waals surface area contributed by atoms with Crippen LogP contribution in [0.25, 0.3) is 0 Å². The molecule has 148 valence electrons. The summed E-state index contributed by atoms with van der Waals surface area (Å²) in [5.74, 6) is 3.02. The number of amides is 1. The van der Waals surface area contributed by atoms with Crippen LogP contribution in [-0.4, -0.2) is 44.1 Å². The lowest BCUT2D eigenvalue weighted by Crippen LogP contribution is -2.38. The number of H-pyrrole nitrogens is 1. The lowest BCUT2D eigenvalue weighted by Gasteiger charge is -2.31. The van der Waals surface area contributed by atoms with E-state index in [-0.39, 0.29) is 5.91 Å². The molecule has 3 aromatic rings. The predicted octanol–water partition coefficient (Wildman–Crippen LogP) is 4.25. The first-order chi connectivity index (χ1) is 14.3. The molecule has 0 unspecified atom stereocenters. The van der Waals surface area contributed by atoms with Crippen LogP contribution in [0.15, 0.2) is 58.6 Å². The van der Waals surface area contributed by atoms with Crippen molar-refractivity contribution in [3.8, 4) is 0 Å². The maximum Gasteiger partial charge on any atom is 0.253 e. The quantitative estimate of drug-likeness (QED) is 0.687. The van der Waals surface area contributed by atoms with Gasteiger partial charge >= 0.3 is 0 Å². The van der Waals surface area contributed by atoms with Crippen molar-refractivity contribution in [1.29, 1.82) is 0 Å². The Labute approximate surface area is 174 Å². The molecule has 29 heavy (non-hydrogen) atoms. The molecule has 1 aliphatic heterocycles. The Balaban J connectivity index is 1.18. The van der Waals surface area contributed by atoms with Crippen LogP contribution in [0.5, 0.6) is 0 Å². The summed E-state index contributed by atoms with van der Waals surface area (Å²) in [5.41, 5.74) is 0.740. The first kappa shape index (κ1) is 18.4. The zero-order valence-electron chi connectivity index (χ0n) is 16.1. The van der Waals surface area contributed by atoms with Gasteiger partial charge in [0.1, 0.15) is 10.9 Å². The van der Waals surface area contributed by atoms with E-state index in [9.17, 15) is 4.79 Å². The molecule has 0 bridgehead atoms. The average molecular weight is 406 g/mol. The predicted molar refractivity (Wildman–Crippen MR) is 111 cm³/mol. The molecule has 2 aromatic heterocycles. The minimum Gasteiger partial charge on any atom is -0.339 e. The van der Waals surface area contributed by atoms with Crippen LogP contribution >= 0.6 is 11.8 Å². The fraction of sp³-hybridized carbons (Fsp3) is 0.364. The third-order valence-corrected chi connectivity index (χ3v) is 6.55. The van der Waals surface area contributed by atoms with Gasteiger partial charge in [0, 0.05) is 41.6 Å². The van der Waals surface area contributed by atoms with Crippen LogP contribution < -0.4 is 0 Å². The van der Waals surface area contributed by atoms with E-state index in [0.717, 1.165) is 53.1 Å². The second-order valence-electron chi connectivity index (χ2n) is 7.71. The summed E-state index contributed by atoms with van der Waals surface area (Å²) in [4.78, 5) is 24.9. The van der Waals surface area contributed by atoms with Crippen LogP contribution in [0.3, 0.4) is 0 Å². The van der Waals surface area contributed by atoms with Crippen LogP contribution in [0, 0.1) is 0 Å². The van der Waals surface area contributed by atoms with Gasteiger partial charge < -0.3 is 4.90 Å². The molecule has 2 fully saturated rings. The topological polar surface area (TPSA) is 74.8 Å². The summed E-state index contributed by atoms with van der Waals surface area (Å²) < 4.78 is 0. The maximum atomic E-state index is 12.9. The number of aromatic nitrogens is 4. The van der Waals surface area contributed by atoms with Gasteiger partial charge in [0.25, 0.3) is 5.91 Å². The summed E-state index contributed by atoms with van der Waals surface area (Å²) >= 11 is 1.60. The Morgan fingerprint density at radius 3 is 2.48 bits per heavy atom. The molecule has 1 aliphatic carbocycles. The standard InChI is InChI=1S/C22H23N5OS/c28-22(17-6-8-18(9-7-17)29-19-3-1-2-12-23-19)27-13-10-16(11-14-27)21-24-20(25-26-21)15-4-5-15/h1-3,6-9,12,15-16H,4-5,10-11,13-14H2,(H,24,25,26). The van der Waals surface area contributed by atoms with Crippen molar-refractivity contribution in [2.24, 2.45) is 0 Å². The molecule has 6 nitrogen and oxygen atoms in total. The third kappa shape index (κ3) is 4.19. The van der Waals surface area contributed by atoms with Gasteiger partial charge in [0.2, 0.25) is 0 Å². The monoisotopic (exact) mass is 405 g/mol. The molecule has 1 saturated heterocycles. The van der Waals surface area contributed by atoms with E-state index >= 15 is 0 Å². The maximum absolute atomic E-state index is 12.9. The van der Waals surface area contributed by atoms with Crippen molar-refractivity contribution in [3.63, 3.8) is 0 Å². The van der Waals surface area contributed by atoms with Crippen LogP contribution in [-0.2, 0) is 0 Å². The second-order valence-corrected chi connectivity index (χ2v) is 8.81. The number of nitrogens with zero attached hydrogens (tertiary/aromatic N) is 4. The number of carbonyl (C=O) groups excluding carboxylic acids is 1. The molecule has 2 aliphatic rings. The third-order valence-electron chi connectivity index (χ3n) is 5.59. The number of hydrogen-bond donors (Lipinski definition) is 1. The first-order valence-electron chi connectivity index (χ1n) is 10.2. The fourth-order valence-corrected chi connectivity index (χ4v) is 4.50. The SMILES string of the molecule is O=C(c1ccc(Sc2ccccn2)cc1)N1CCC(c2nc(C3CC3)n[nH]2)CC1. The van der Waals surface area contributed by atoms with E-state index in [0.29, 0.717) is 11.8 Å². The van der Waals surface area contributed by atoms with Gasteiger partial charge in [-0.15, -0.1) is 0 Å². The van der Waals surface area contributed by atoms with Crippen LogP contribution in [0.4, 0.5) is 0 Å². The number of nitrogens with one attached hydrogen (secondary N) is 1. The van der Waals surface area contributed by atoms with Gasteiger partial charge in [-0.1, -0.05) is 17.8 Å². The van der Waals surface area contributed by atoms with E-state index in [1.165, 1.54) is 12.8 Å². The number of aromatic amines is 1. The number of rotatable bonds is 5. The fourth-order valence-electron chi connectivity index (χ4n) is 3.73. The Morgan fingerprint density at radius 1 is 1.00 bits per heavy atom. The normalized spacial score (nSPS) is 17.4. The molecule has 0 atom stereocenters. The van der Waals surface area contributed by atoms with Crippen molar-refractivity contribution in [2.75, 3.05) is 13.1 Å². The van der Waals surface area contributed by atoms with Gasteiger partial charge in [-0.25, -0.2) is 9.97 Å². The van der Waals surface area contributed by atoms with Crippen molar-refractivity contribution in [2.45, 2.75) is 47.4 Å². The number of likely N-dealkylation sites (tertiary alicyclic amines) is 1. The molecule has 3 heterocycles. The van der Waals surface area contributed by atoms with Gasteiger partial charge in [0.15, 0.2) is 5.82 Å². The molecule has 0 spiro atoms. The van der Waals surface area contributed by atoms with Crippen molar-refractivity contribution in [3.05, 3.63) is 65.9 Å². The van der Waals surface area contributed by atoms with E-state index in [2.05, 4.69) is 15.2 Å². The molecule has 7 heteroatoms. The minimum atomic E-state index is 0.106. The van der Waals surface area contributed by atoms with Gasteiger partial charge in [-0.3, -0.25) is 9.89 Å². The highest BCUT2D eigenvalue weighted by Gasteiger charge is 2.30. The molecule has 0 radical (unpaired) electrons. The number of carbonyl (C=O) groups is 1. The van der Waals surface area contributed by atoms with Gasteiger partial charge in [0.05, 0.1) is 0 Å². The average Bonchev–Trinajstić information content (AvgIpc) is 3.51. The molecular weight excluding hydrogens is 382 g/mol.